The van der Waals surface area contributed by atoms with Crippen LogP contribution in [0.1, 0.15) is 21.7 Å². The number of hydrogen-bond acceptors (Lipinski definition) is 5. The van der Waals surface area contributed by atoms with E-state index in [9.17, 15) is 18.8 Å². The molecule has 3 aromatic rings. The van der Waals surface area contributed by atoms with E-state index in [1.54, 1.807) is 26.1 Å². The molecule has 1 aliphatic rings. The highest BCUT2D eigenvalue weighted by Gasteiger charge is 2.31. The number of anilines is 1. The molecular weight excluding hydrogens is 415 g/mol. The second-order valence-corrected chi connectivity index (χ2v) is 7.60. The molecule has 0 unspecified atom stereocenters. The first-order chi connectivity index (χ1) is 15.2. The van der Waals surface area contributed by atoms with Gasteiger partial charge in [-0.25, -0.2) is 9.07 Å². The van der Waals surface area contributed by atoms with Crippen LogP contribution in [-0.2, 0) is 4.79 Å². The third-order valence-electron chi connectivity index (χ3n) is 5.19. The minimum Gasteiger partial charge on any atom is -0.489 e. The average Bonchev–Trinajstić information content (AvgIpc) is 2.85. The Hall–Kier alpha value is -4.01. The van der Waals surface area contributed by atoms with Gasteiger partial charge in [-0.1, -0.05) is 12.1 Å². The van der Waals surface area contributed by atoms with Gasteiger partial charge in [-0.2, -0.15) is 5.10 Å². The molecule has 1 aromatic heterocycles. The summed E-state index contributed by atoms with van der Waals surface area (Å²) in [7, 11) is 1.59. The zero-order valence-corrected chi connectivity index (χ0v) is 17.8. The fourth-order valence-electron chi connectivity index (χ4n) is 3.51. The highest BCUT2D eigenvalue weighted by atomic mass is 19.1. The van der Waals surface area contributed by atoms with Crippen LogP contribution in [0.25, 0.3) is 5.69 Å². The van der Waals surface area contributed by atoms with Crippen molar-refractivity contribution in [3.8, 4) is 11.4 Å². The van der Waals surface area contributed by atoms with Crippen molar-refractivity contribution < 1.29 is 18.7 Å². The number of fused-ring (bicyclic) bond motifs is 1. The lowest BCUT2D eigenvalue weighted by Gasteiger charge is -2.20. The molecule has 2 aromatic carbocycles. The van der Waals surface area contributed by atoms with Crippen LogP contribution in [0.5, 0.6) is 5.75 Å². The fraction of sp³-hybridized carbons (Fsp3) is 0.217. The molecule has 0 saturated heterocycles. The third kappa shape index (κ3) is 3.96. The fourth-order valence-corrected chi connectivity index (χ4v) is 3.51. The zero-order valence-electron chi connectivity index (χ0n) is 17.8. The van der Waals surface area contributed by atoms with Gasteiger partial charge in [-0.15, -0.1) is 0 Å². The van der Waals surface area contributed by atoms with Crippen LogP contribution in [0.4, 0.5) is 10.1 Å². The van der Waals surface area contributed by atoms with Crippen molar-refractivity contribution in [3.63, 3.8) is 0 Å². The number of carbonyl (C=O) groups is 2. The zero-order chi connectivity index (χ0) is 23.0. The first-order valence-corrected chi connectivity index (χ1v) is 9.93. The van der Waals surface area contributed by atoms with Crippen LogP contribution in [0.2, 0.25) is 0 Å². The summed E-state index contributed by atoms with van der Waals surface area (Å²) in [6, 6.07) is 11.3. The molecule has 0 aliphatic carbocycles. The summed E-state index contributed by atoms with van der Waals surface area (Å²) in [5.74, 6) is -1.16. The number of nitrogens with zero attached hydrogens (tertiary/aromatic N) is 3. The molecule has 4 rings (SSSR count). The van der Waals surface area contributed by atoms with Crippen LogP contribution >= 0.6 is 0 Å². The quantitative estimate of drug-likeness (QED) is 0.679. The molecule has 0 spiro atoms. The largest absolute Gasteiger partial charge is 0.489 e. The molecule has 9 heteroatoms. The van der Waals surface area contributed by atoms with E-state index in [0.717, 1.165) is 5.56 Å². The third-order valence-corrected chi connectivity index (χ3v) is 5.19. The van der Waals surface area contributed by atoms with Crippen molar-refractivity contribution >= 4 is 17.5 Å². The van der Waals surface area contributed by atoms with Gasteiger partial charge in [-0.05, 0) is 49.7 Å². The van der Waals surface area contributed by atoms with Gasteiger partial charge in [0.2, 0.25) is 5.43 Å². The summed E-state index contributed by atoms with van der Waals surface area (Å²) in [4.78, 5) is 39.7. The maximum absolute atomic E-state index is 13.6. The maximum Gasteiger partial charge on any atom is 0.276 e. The molecule has 32 heavy (non-hydrogen) atoms. The normalized spacial score (nSPS) is 15.6. The number of ether oxygens (including phenoxy) is 1. The standard InChI is InChI=1S/C23H21FN4O4/c1-13-7-8-18-20(9-13)32-12-17(23(31)27(18)3)25-22(30)21-19(29)10-14(2)28(26-21)16-6-4-5-15(24)11-16/h4-11,17H,12H2,1-3H3,(H,25,30)/t17-/m0/s1. The van der Waals surface area contributed by atoms with Crippen LogP contribution < -0.4 is 20.4 Å². The van der Waals surface area contributed by atoms with E-state index in [-0.39, 0.29) is 6.61 Å². The molecule has 0 bridgehead atoms. The summed E-state index contributed by atoms with van der Waals surface area (Å²) in [6.07, 6.45) is 0. The molecule has 0 radical (unpaired) electrons. The summed E-state index contributed by atoms with van der Waals surface area (Å²) >= 11 is 0. The first-order valence-electron chi connectivity index (χ1n) is 9.93. The highest BCUT2D eigenvalue weighted by molar-refractivity contribution is 6.02. The summed E-state index contributed by atoms with van der Waals surface area (Å²) in [5.41, 5.74) is 1.32. The van der Waals surface area contributed by atoms with Gasteiger partial charge in [0.1, 0.15) is 24.2 Å². The van der Waals surface area contributed by atoms with Gasteiger partial charge >= 0.3 is 0 Å². The Morgan fingerprint density at radius 2 is 1.94 bits per heavy atom. The van der Waals surface area contributed by atoms with Gasteiger partial charge in [-0.3, -0.25) is 14.4 Å². The molecule has 2 amide bonds. The Bertz CT molecular complexity index is 1290. The second-order valence-electron chi connectivity index (χ2n) is 7.60. The predicted octanol–water partition coefficient (Wildman–Crippen LogP) is 2.14. The van der Waals surface area contributed by atoms with Crippen molar-refractivity contribution in [1.29, 1.82) is 0 Å². The molecule has 8 nitrogen and oxygen atoms in total. The van der Waals surface area contributed by atoms with E-state index in [0.29, 0.717) is 22.8 Å². The van der Waals surface area contributed by atoms with E-state index in [1.807, 2.05) is 19.1 Å². The molecule has 0 saturated carbocycles. The van der Waals surface area contributed by atoms with Gasteiger partial charge in [0.15, 0.2) is 5.69 Å². The number of likely N-dealkylation sites (N-methyl/N-ethyl adjacent to an activating group) is 1. The summed E-state index contributed by atoms with van der Waals surface area (Å²) < 4.78 is 20.7. The van der Waals surface area contributed by atoms with Gasteiger partial charge in [0.05, 0.1) is 11.4 Å². The Balaban J connectivity index is 1.62. The first kappa shape index (κ1) is 21.2. The number of hydrogen-bond donors (Lipinski definition) is 1. The van der Waals surface area contributed by atoms with Gasteiger partial charge < -0.3 is 15.0 Å². The Morgan fingerprint density at radius 1 is 1.16 bits per heavy atom. The number of aromatic nitrogens is 2. The Labute approximate surface area is 183 Å². The van der Waals surface area contributed by atoms with E-state index >= 15 is 0 Å². The molecule has 1 aliphatic heterocycles. The summed E-state index contributed by atoms with van der Waals surface area (Å²) in [6.45, 7) is 3.43. The van der Waals surface area contributed by atoms with Crippen LogP contribution in [0, 0.1) is 19.7 Å². The lowest BCUT2D eigenvalue weighted by Crippen LogP contribution is -2.50. The number of halogens is 1. The topological polar surface area (TPSA) is 93.5 Å². The number of nitrogens with one attached hydrogen (secondary N) is 1. The Kier molecular flexibility index (Phi) is 5.48. The molecule has 0 fully saturated rings. The number of benzene rings is 2. The van der Waals surface area contributed by atoms with Crippen molar-refractivity contribution in [2.24, 2.45) is 0 Å². The number of carbonyl (C=O) groups excluding carboxylic acids is 2. The molecule has 164 valence electrons. The van der Waals surface area contributed by atoms with E-state index in [4.69, 9.17) is 4.74 Å². The smallest absolute Gasteiger partial charge is 0.276 e. The molecular formula is C23H21FN4O4. The van der Waals surface area contributed by atoms with Crippen molar-refractivity contribution in [2.75, 3.05) is 18.6 Å². The van der Waals surface area contributed by atoms with Gasteiger partial charge in [0.25, 0.3) is 11.8 Å². The van der Waals surface area contributed by atoms with E-state index < -0.39 is 34.8 Å². The van der Waals surface area contributed by atoms with Crippen molar-refractivity contribution in [1.82, 2.24) is 15.1 Å². The Morgan fingerprint density at radius 3 is 2.69 bits per heavy atom. The highest BCUT2D eigenvalue weighted by Crippen LogP contribution is 2.31. The number of rotatable bonds is 3. The van der Waals surface area contributed by atoms with E-state index in [2.05, 4.69) is 10.4 Å². The van der Waals surface area contributed by atoms with Crippen LogP contribution in [0.15, 0.2) is 53.3 Å². The van der Waals surface area contributed by atoms with Crippen LogP contribution in [-0.4, -0.2) is 41.3 Å². The van der Waals surface area contributed by atoms with Crippen molar-refractivity contribution in [2.45, 2.75) is 19.9 Å². The minimum atomic E-state index is -1.02. The maximum atomic E-state index is 13.6. The molecule has 1 atom stereocenters. The summed E-state index contributed by atoms with van der Waals surface area (Å²) in [5, 5.41) is 6.68. The predicted molar refractivity (Wildman–Crippen MR) is 116 cm³/mol. The number of amides is 2. The van der Waals surface area contributed by atoms with Gasteiger partial charge in [0, 0.05) is 18.8 Å². The second kappa shape index (κ2) is 8.26. The monoisotopic (exact) mass is 436 g/mol. The molecule has 1 N–H and O–H groups in total. The SMILES string of the molecule is Cc1ccc2c(c1)OC[C@H](NC(=O)c1nn(-c3cccc(F)c3)c(C)cc1=O)C(=O)N2C. The van der Waals surface area contributed by atoms with Crippen molar-refractivity contribution in [3.05, 3.63) is 81.5 Å². The lowest BCUT2D eigenvalue weighted by molar-refractivity contribution is -0.120. The van der Waals surface area contributed by atoms with E-state index in [1.165, 1.54) is 33.8 Å². The number of aryl methyl sites for hydroxylation is 2. The minimum absolute atomic E-state index is 0.102. The van der Waals surface area contributed by atoms with Crippen LogP contribution in [0.3, 0.4) is 0 Å². The average molecular weight is 436 g/mol. The molecule has 2 heterocycles. The lowest BCUT2D eigenvalue weighted by atomic mass is 10.2.